The zero-order chi connectivity index (χ0) is 103. The lowest BCUT2D eigenvalue weighted by molar-refractivity contribution is -0.136. The van der Waals surface area contributed by atoms with Crippen molar-refractivity contribution in [3.63, 3.8) is 0 Å². The number of hydrogen-bond donors (Lipinski definition) is 5. The number of carbonyl (C=O) groups excluding carboxylic acids is 1. The minimum Gasteiger partial charge on any atom is -0.481 e. The molecule has 0 amide bonds. The van der Waals surface area contributed by atoms with E-state index in [-0.39, 0.29) is 28.4 Å². The van der Waals surface area contributed by atoms with Gasteiger partial charge >= 0.3 is 0 Å². The highest BCUT2D eigenvalue weighted by molar-refractivity contribution is 6.28. The minimum atomic E-state index is -2.25. The molecular weight excluding hydrogens is 1850 g/mol. The normalized spacial score (nSPS) is 16.1. The van der Waals surface area contributed by atoms with Crippen LogP contribution in [0.5, 0.6) is 0 Å². The first-order valence-corrected chi connectivity index (χ1v) is 51.3. The van der Waals surface area contributed by atoms with Gasteiger partial charge in [0.25, 0.3) is 5.97 Å². The van der Waals surface area contributed by atoms with Crippen LogP contribution >= 0.6 is 0 Å². The average molecular weight is 1950 g/mol. The lowest BCUT2D eigenvalue weighted by Crippen LogP contribution is -2.61. The fraction of sp³-hybridized carbons (Fsp3) is 0.116. The number of carbonyl (C=O) groups is 2. The number of aliphatic hydroxyl groups is 3. The number of rotatable bonds is 13. The van der Waals surface area contributed by atoms with Crippen LogP contribution in [0.2, 0.25) is 0 Å². The summed E-state index contributed by atoms with van der Waals surface area (Å²) in [6.07, 6.45) is 0. The molecule has 150 heavy (non-hydrogen) atoms. The standard InChI is InChI=1S/C68H51NO4.C47H32O4.C21H19N.C2H4O2/c1-41(2)48-25-16-27-52-61-59(72-64(48)52)39-38-56-62(61)63-55(37-36-53-60-49(44-20-10-6-11-21-44)26-17-29-58(60)73-65(53)63)67(70,45-32-30-43(31-33-45)42-18-8-5-9-19-42)68(56,71)69(46-22-12-7-13-23-46)47-34-35-51-50-24-14-15-28-54(50)66(3,4)57(51)40-47;1-27(2)32-15-9-17-34-41-39(50-44(32)34)26-24-36-42(41)43-37(47(49,46(36)48)31-21-19-29(20-22-31)28-11-5-3-6-12-28)25-23-35-40-33(30-13-7-4-8-14-30)16-10-18-38(40)51-45(35)43;1-21(2)19-11-7-6-10-17(19)18-13-12-16(14-20(18)21)22-15-8-4-3-5-9-15;1-2(3)4/h5-41,70-71H,1-4H3;3-27,49H,1-2H3;3-14,22H,1-2H3;1H3,(H,3,4). The summed E-state index contributed by atoms with van der Waals surface area (Å²) in [5.74, 6) is -0.800. The summed E-state index contributed by atoms with van der Waals surface area (Å²) in [6, 6.07) is 148. The number of anilines is 4. The van der Waals surface area contributed by atoms with Crippen molar-refractivity contribution in [3.8, 4) is 89.0 Å². The number of aliphatic carboxylic acids is 1. The van der Waals surface area contributed by atoms with E-state index in [1.165, 1.54) is 33.4 Å². The molecule has 0 saturated carbocycles. The summed E-state index contributed by atoms with van der Waals surface area (Å²) < 4.78 is 27.7. The van der Waals surface area contributed by atoms with Gasteiger partial charge in [0, 0.05) is 128 Å². The maximum absolute atomic E-state index is 15.3. The minimum absolute atomic E-state index is 0.0559. The molecule has 4 aliphatic rings. The Hall–Kier alpha value is -17.8. The van der Waals surface area contributed by atoms with Gasteiger partial charge in [-0.3, -0.25) is 9.59 Å². The Morgan fingerprint density at radius 3 is 1.17 bits per heavy atom. The van der Waals surface area contributed by atoms with Crippen molar-refractivity contribution < 1.29 is 47.7 Å². The third kappa shape index (κ3) is 14.7. The molecule has 3 atom stereocenters. The van der Waals surface area contributed by atoms with E-state index in [0.29, 0.717) is 72.5 Å². The van der Waals surface area contributed by atoms with Crippen LogP contribution in [0, 0.1) is 0 Å². The molecule has 0 fully saturated rings. The van der Waals surface area contributed by atoms with E-state index in [9.17, 15) is 9.90 Å². The van der Waals surface area contributed by atoms with E-state index in [0.717, 1.165) is 167 Å². The van der Waals surface area contributed by atoms with Crippen LogP contribution in [0.25, 0.3) is 177 Å². The number of fused-ring (bicyclic) bond motifs is 28. The van der Waals surface area contributed by atoms with Crippen molar-refractivity contribution in [1.82, 2.24) is 0 Å². The number of furan rings is 4. The van der Waals surface area contributed by atoms with Gasteiger partial charge in [0.15, 0.2) is 11.2 Å². The average Bonchev–Trinajstić information content (AvgIpc) is 1.23. The molecule has 0 bridgehead atoms. The monoisotopic (exact) mass is 1950 g/mol. The maximum atomic E-state index is 15.3. The van der Waals surface area contributed by atoms with E-state index in [2.05, 4.69) is 273 Å². The molecule has 4 aliphatic carbocycles. The highest BCUT2D eigenvalue weighted by atomic mass is 16.4. The van der Waals surface area contributed by atoms with Crippen molar-refractivity contribution in [2.45, 2.75) is 102 Å². The largest absolute Gasteiger partial charge is 0.481 e. The zero-order valence-corrected chi connectivity index (χ0v) is 84.4. The summed E-state index contributed by atoms with van der Waals surface area (Å²) in [5, 5.41) is 61.5. The van der Waals surface area contributed by atoms with Crippen molar-refractivity contribution in [3.05, 3.63) is 504 Å². The molecule has 0 radical (unpaired) electrons. The number of nitrogens with zero attached hydrogens (tertiary/aromatic N) is 1. The Morgan fingerprint density at radius 2 is 0.660 bits per heavy atom. The molecule has 12 nitrogen and oxygen atoms in total. The molecule has 4 heterocycles. The number of benzene rings is 20. The predicted octanol–water partition coefficient (Wildman–Crippen LogP) is 35.0. The highest BCUT2D eigenvalue weighted by Crippen LogP contribution is 2.65. The van der Waals surface area contributed by atoms with Crippen LogP contribution in [0.4, 0.5) is 22.7 Å². The third-order valence-corrected chi connectivity index (χ3v) is 31.5. The number of Topliss-reactive ketones (excluding diaryl/α,β-unsaturated/α-hetero) is 1. The predicted molar refractivity (Wildman–Crippen MR) is 610 cm³/mol. The molecule has 24 aromatic rings. The fourth-order valence-corrected chi connectivity index (χ4v) is 24.4. The summed E-state index contributed by atoms with van der Waals surface area (Å²) >= 11 is 0. The second kappa shape index (κ2) is 36.1. The second-order valence-corrected chi connectivity index (χ2v) is 41.5. The van der Waals surface area contributed by atoms with Crippen LogP contribution in [-0.2, 0) is 32.6 Å². The van der Waals surface area contributed by atoms with Gasteiger partial charge in [-0.25, -0.2) is 0 Å². The molecule has 20 aromatic carbocycles. The van der Waals surface area contributed by atoms with Crippen LogP contribution < -0.4 is 10.2 Å². The number of nitrogens with one attached hydrogen (secondary N) is 1. The molecule has 5 N–H and O–H groups in total. The molecule has 0 saturated heterocycles. The number of para-hydroxylation sites is 4. The first kappa shape index (κ1) is 93.3. The number of ketones is 1. The maximum Gasteiger partial charge on any atom is 0.300 e. The number of carboxylic acids is 1. The highest BCUT2D eigenvalue weighted by Gasteiger charge is 2.63. The van der Waals surface area contributed by atoms with E-state index in [4.69, 9.17) is 27.6 Å². The zero-order valence-electron chi connectivity index (χ0n) is 84.4. The Labute approximate surface area is 868 Å². The third-order valence-electron chi connectivity index (χ3n) is 31.5. The van der Waals surface area contributed by atoms with Gasteiger partial charge in [-0.05, 0) is 208 Å². The van der Waals surface area contributed by atoms with Crippen molar-refractivity contribution >= 4 is 122 Å². The van der Waals surface area contributed by atoms with Crippen LogP contribution in [-0.4, -0.2) is 32.2 Å². The lowest BCUT2D eigenvalue weighted by Gasteiger charge is -2.54. The van der Waals surface area contributed by atoms with Crippen LogP contribution in [0.15, 0.2) is 454 Å². The van der Waals surface area contributed by atoms with Gasteiger partial charge in [0.05, 0.1) is 0 Å². The molecule has 4 aromatic heterocycles. The van der Waals surface area contributed by atoms with E-state index < -0.39 is 22.9 Å². The molecule has 0 spiro atoms. The van der Waals surface area contributed by atoms with Crippen LogP contribution in [0.1, 0.15) is 146 Å². The van der Waals surface area contributed by atoms with Gasteiger partial charge in [-0.15, -0.1) is 0 Å². The molecule has 3 unspecified atom stereocenters. The number of hydrogen-bond acceptors (Lipinski definition) is 11. The van der Waals surface area contributed by atoms with Crippen molar-refractivity contribution in [1.29, 1.82) is 0 Å². The van der Waals surface area contributed by atoms with Gasteiger partial charge in [-0.2, -0.15) is 0 Å². The summed E-state index contributed by atoms with van der Waals surface area (Å²) in [6.45, 7) is 18.9. The van der Waals surface area contributed by atoms with E-state index in [1.807, 2.05) is 223 Å². The lowest BCUT2D eigenvalue weighted by atomic mass is 9.64. The SMILES string of the molecule is CC(=O)O.CC(C)c1cccc2c1oc1ccc3c(c12)-c1c(ccc2c1oc1cccc(-c4ccccc4)c12)C(O)(c1ccc(-c2ccccc2)cc1)C3(O)N(c1ccccc1)c1ccc2c(c1)C(C)(C)c1ccccc1-2.CC(C)c1cccc2c1oc1ccc3c(c12)-c1c(ccc2c1oc1cccc(-c4ccccc4)c12)C(O)(c1ccc(-c2ccccc2)cc1)C3=O.CC1(C)c2ccccc2-c2ccc(Nc3ccccc3)cc21. The summed E-state index contributed by atoms with van der Waals surface area (Å²) in [4.78, 5) is 25.9. The van der Waals surface area contributed by atoms with Crippen LogP contribution in [0.3, 0.4) is 0 Å². The van der Waals surface area contributed by atoms with E-state index in [1.54, 1.807) is 6.07 Å². The summed E-state index contributed by atoms with van der Waals surface area (Å²) in [5.41, 5.74) is 29.3. The van der Waals surface area contributed by atoms with Crippen molar-refractivity contribution in [2.24, 2.45) is 0 Å². The summed E-state index contributed by atoms with van der Waals surface area (Å²) in [7, 11) is 0. The van der Waals surface area contributed by atoms with Gasteiger partial charge in [-0.1, -0.05) is 407 Å². The smallest absolute Gasteiger partial charge is 0.300 e. The van der Waals surface area contributed by atoms with Gasteiger partial charge in [0.1, 0.15) is 44.7 Å². The molecule has 28 rings (SSSR count). The van der Waals surface area contributed by atoms with Gasteiger partial charge in [0.2, 0.25) is 11.5 Å². The molecule has 12 heteroatoms. The van der Waals surface area contributed by atoms with E-state index >= 15 is 10.2 Å². The number of carboxylic acid groups (broad SMARTS) is 1. The Kier molecular flexibility index (Phi) is 22.5. The molecule has 728 valence electrons. The van der Waals surface area contributed by atoms with Crippen molar-refractivity contribution in [2.75, 3.05) is 10.2 Å². The quantitative estimate of drug-likeness (QED) is 0.0690. The topological polar surface area (TPSA) is 183 Å². The Morgan fingerprint density at radius 1 is 0.287 bits per heavy atom. The second-order valence-electron chi connectivity index (χ2n) is 41.5. The first-order chi connectivity index (χ1) is 72.9. The molecular formula is C138H106N2O10. The fourth-order valence-electron chi connectivity index (χ4n) is 24.4. The molecule has 0 aliphatic heterocycles. The Bertz CT molecular complexity index is 9510. The first-order valence-electron chi connectivity index (χ1n) is 51.3. The Balaban J connectivity index is 0.000000130. The van der Waals surface area contributed by atoms with Gasteiger partial charge < -0.3 is 48.3 Å².